The first-order valence-electron chi connectivity index (χ1n) is 11.9. The number of carbonyl (C=O) groups excluding carboxylic acids is 3. The largest absolute Gasteiger partial charge is 0.489 e. The molecular weight excluding hydrogens is 506 g/mol. The molecule has 192 valence electrons. The van der Waals surface area contributed by atoms with Crippen LogP contribution in [-0.4, -0.2) is 27.3 Å². The van der Waals surface area contributed by atoms with Crippen LogP contribution in [0, 0.1) is 13.8 Å². The summed E-state index contributed by atoms with van der Waals surface area (Å²) < 4.78 is 13.2. The molecule has 2 aromatic carbocycles. The summed E-state index contributed by atoms with van der Waals surface area (Å²) in [6.45, 7) is 4.19. The summed E-state index contributed by atoms with van der Waals surface area (Å²) in [5.41, 5.74) is 4.23. The van der Waals surface area contributed by atoms with Crippen LogP contribution in [0.4, 0.5) is 4.79 Å². The van der Waals surface area contributed by atoms with Crippen LogP contribution in [0.2, 0.25) is 5.02 Å². The molecule has 0 bridgehead atoms. The molecule has 5 rings (SSSR count). The Morgan fingerprint density at radius 1 is 1.00 bits per heavy atom. The Kier molecular flexibility index (Phi) is 6.89. The zero-order valence-electron chi connectivity index (χ0n) is 20.7. The molecule has 1 N–H and O–H groups in total. The van der Waals surface area contributed by atoms with Crippen LogP contribution >= 0.6 is 11.6 Å². The minimum absolute atomic E-state index is 0.0756. The highest BCUT2D eigenvalue weighted by Crippen LogP contribution is 2.26. The molecule has 0 saturated carbocycles. The van der Waals surface area contributed by atoms with Gasteiger partial charge in [-0.2, -0.15) is 0 Å². The normalized spacial score (nSPS) is 14.8. The van der Waals surface area contributed by atoms with Gasteiger partial charge in [0.1, 0.15) is 23.7 Å². The fourth-order valence-electron chi connectivity index (χ4n) is 4.32. The molecule has 9 heteroatoms. The zero-order valence-corrected chi connectivity index (χ0v) is 21.5. The average Bonchev–Trinajstić information content (AvgIpc) is 3.51. The van der Waals surface area contributed by atoms with E-state index in [4.69, 9.17) is 20.8 Å². The number of nitrogens with zero attached hydrogens (tertiary/aromatic N) is 2. The van der Waals surface area contributed by atoms with Gasteiger partial charge in [-0.1, -0.05) is 23.7 Å². The summed E-state index contributed by atoms with van der Waals surface area (Å²) in [6, 6.07) is 19.6. The summed E-state index contributed by atoms with van der Waals surface area (Å²) in [5.74, 6) is -0.259. The molecule has 1 saturated heterocycles. The number of nitrogens with one attached hydrogen (secondary N) is 1. The Labute approximate surface area is 224 Å². The molecule has 0 radical (unpaired) electrons. The van der Waals surface area contributed by atoms with Crippen molar-refractivity contribution in [3.05, 3.63) is 112 Å². The Morgan fingerprint density at radius 2 is 1.74 bits per heavy atom. The second kappa shape index (κ2) is 10.4. The maximum Gasteiger partial charge on any atom is 0.331 e. The lowest BCUT2D eigenvalue weighted by molar-refractivity contribution is -0.130. The number of imide groups is 2. The van der Waals surface area contributed by atoms with Crippen LogP contribution in [0.3, 0.4) is 0 Å². The van der Waals surface area contributed by atoms with Gasteiger partial charge in [-0.3, -0.25) is 19.8 Å². The van der Waals surface area contributed by atoms with Crippen LogP contribution in [0.15, 0.2) is 83.0 Å². The van der Waals surface area contributed by atoms with Crippen molar-refractivity contribution in [2.24, 2.45) is 0 Å². The van der Waals surface area contributed by atoms with Gasteiger partial charge in [0.15, 0.2) is 0 Å². The monoisotopic (exact) mass is 529 g/mol. The van der Waals surface area contributed by atoms with Crippen molar-refractivity contribution in [1.29, 1.82) is 0 Å². The number of aryl methyl sites for hydroxylation is 1. The lowest BCUT2D eigenvalue weighted by Gasteiger charge is -2.25. The highest BCUT2D eigenvalue weighted by Gasteiger charge is 2.36. The van der Waals surface area contributed by atoms with Gasteiger partial charge in [0.2, 0.25) is 0 Å². The summed E-state index contributed by atoms with van der Waals surface area (Å²) in [7, 11) is 0. The van der Waals surface area contributed by atoms with Crippen molar-refractivity contribution in [3.63, 3.8) is 0 Å². The quantitative estimate of drug-likeness (QED) is 0.249. The van der Waals surface area contributed by atoms with Crippen LogP contribution < -0.4 is 10.1 Å². The number of benzene rings is 2. The second-order valence-electron chi connectivity index (χ2n) is 8.86. The van der Waals surface area contributed by atoms with Crippen LogP contribution in [0.5, 0.6) is 5.75 Å². The minimum Gasteiger partial charge on any atom is -0.489 e. The number of carbonyl (C=O) groups is 3. The summed E-state index contributed by atoms with van der Waals surface area (Å²) in [5, 5.41) is 2.92. The molecule has 4 aromatic rings. The van der Waals surface area contributed by atoms with E-state index in [9.17, 15) is 14.4 Å². The second-order valence-corrected chi connectivity index (χ2v) is 9.30. The van der Waals surface area contributed by atoms with E-state index in [0.29, 0.717) is 23.0 Å². The number of barbiturate groups is 1. The number of halogens is 1. The smallest absolute Gasteiger partial charge is 0.331 e. The molecule has 1 aliphatic rings. The fraction of sp³-hybridized carbons (Fsp3) is 0.138. The van der Waals surface area contributed by atoms with E-state index in [2.05, 4.69) is 5.32 Å². The number of amides is 4. The third-order valence-corrected chi connectivity index (χ3v) is 6.52. The predicted octanol–water partition coefficient (Wildman–Crippen LogP) is 5.58. The van der Waals surface area contributed by atoms with Gasteiger partial charge < -0.3 is 13.7 Å². The number of rotatable bonds is 7. The Balaban J connectivity index is 1.36. The maximum atomic E-state index is 13.1. The van der Waals surface area contributed by atoms with E-state index in [0.717, 1.165) is 33.3 Å². The lowest BCUT2D eigenvalue weighted by Crippen LogP contribution is -2.53. The number of hydrogen-bond donors (Lipinski definition) is 1. The molecule has 1 fully saturated rings. The van der Waals surface area contributed by atoms with Crippen molar-refractivity contribution in [1.82, 2.24) is 14.8 Å². The third-order valence-electron chi connectivity index (χ3n) is 6.26. The van der Waals surface area contributed by atoms with Crippen molar-refractivity contribution in [2.75, 3.05) is 0 Å². The van der Waals surface area contributed by atoms with Gasteiger partial charge in [-0.05, 0) is 85.6 Å². The summed E-state index contributed by atoms with van der Waals surface area (Å²) in [6.07, 6.45) is 2.97. The Hall–Kier alpha value is -4.56. The number of urea groups is 1. The van der Waals surface area contributed by atoms with Crippen LogP contribution in [0.25, 0.3) is 11.8 Å². The molecule has 8 nitrogen and oxygen atoms in total. The van der Waals surface area contributed by atoms with Gasteiger partial charge in [0.05, 0.1) is 12.8 Å². The van der Waals surface area contributed by atoms with Crippen LogP contribution in [-0.2, 0) is 22.7 Å². The molecule has 0 aliphatic carbocycles. The number of aromatic nitrogens is 1. The average molecular weight is 530 g/mol. The standard InChI is InChI=1S/C29H24ClN3O5/c1-18-14-21(15-26-27(34)31-29(36)32(28(26)35)16-25-4-3-13-37-25)19(2)33(18)23-9-11-24(12-10-23)38-17-20-5-7-22(30)8-6-20/h3-15H,16-17H2,1-2H3,(H,31,34,36)/b26-15+. The molecule has 0 spiro atoms. The lowest BCUT2D eigenvalue weighted by atomic mass is 10.1. The molecule has 1 aliphatic heterocycles. The number of furan rings is 1. The molecule has 0 atom stereocenters. The van der Waals surface area contributed by atoms with Gasteiger partial charge in [0.25, 0.3) is 11.8 Å². The summed E-state index contributed by atoms with van der Waals surface area (Å²) in [4.78, 5) is 38.9. The number of hydrogen-bond acceptors (Lipinski definition) is 5. The first-order chi connectivity index (χ1) is 18.3. The van der Waals surface area contributed by atoms with Crippen molar-refractivity contribution >= 4 is 35.5 Å². The van der Waals surface area contributed by atoms with E-state index in [-0.39, 0.29) is 12.1 Å². The van der Waals surface area contributed by atoms with Crippen molar-refractivity contribution < 1.29 is 23.5 Å². The van der Waals surface area contributed by atoms with Crippen molar-refractivity contribution in [3.8, 4) is 11.4 Å². The first-order valence-corrected chi connectivity index (χ1v) is 12.3. The first kappa shape index (κ1) is 25.1. The Morgan fingerprint density at radius 3 is 2.42 bits per heavy atom. The van der Waals surface area contributed by atoms with E-state index in [1.807, 2.05) is 73.0 Å². The molecule has 0 unspecified atom stereocenters. The van der Waals surface area contributed by atoms with E-state index in [1.54, 1.807) is 12.1 Å². The molecule has 4 amide bonds. The SMILES string of the molecule is Cc1cc(/C=C2\C(=O)NC(=O)N(Cc3ccco3)C2=O)c(C)n1-c1ccc(OCc2ccc(Cl)cc2)cc1. The fourth-order valence-corrected chi connectivity index (χ4v) is 4.45. The van der Waals surface area contributed by atoms with Crippen molar-refractivity contribution in [2.45, 2.75) is 27.0 Å². The zero-order chi connectivity index (χ0) is 26.8. The molecule has 2 aromatic heterocycles. The Bertz CT molecular complexity index is 1530. The minimum atomic E-state index is -0.780. The summed E-state index contributed by atoms with van der Waals surface area (Å²) >= 11 is 5.94. The molecule has 38 heavy (non-hydrogen) atoms. The highest BCUT2D eigenvalue weighted by atomic mass is 35.5. The topological polar surface area (TPSA) is 93.8 Å². The predicted molar refractivity (Wildman–Crippen MR) is 142 cm³/mol. The van der Waals surface area contributed by atoms with Gasteiger partial charge >= 0.3 is 6.03 Å². The van der Waals surface area contributed by atoms with E-state index < -0.39 is 17.8 Å². The van der Waals surface area contributed by atoms with Gasteiger partial charge in [0, 0.05) is 22.1 Å². The molecule has 3 heterocycles. The van der Waals surface area contributed by atoms with Gasteiger partial charge in [-0.25, -0.2) is 4.79 Å². The van der Waals surface area contributed by atoms with E-state index >= 15 is 0 Å². The highest BCUT2D eigenvalue weighted by molar-refractivity contribution is 6.31. The third kappa shape index (κ3) is 5.12. The van der Waals surface area contributed by atoms with Crippen LogP contribution in [0.1, 0.15) is 28.3 Å². The van der Waals surface area contributed by atoms with Gasteiger partial charge in [-0.15, -0.1) is 0 Å². The number of ether oxygens (including phenoxy) is 1. The van der Waals surface area contributed by atoms with E-state index in [1.165, 1.54) is 12.3 Å². The maximum absolute atomic E-state index is 13.1. The molecular formula is C29H24ClN3O5.